The normalized spacial score (nSPS) is 11.7. The van der Waals surface area contributed by atoms with Gasteiger partial charge in [0.25, 0.3) is 0 Å². The number of carbonyl (C=O) groups excluding carboxylic acids is 2. The van der Waals surface area contributed by atoms with Crippen molar-refractivity contribution < 1.29 is 27.5 Å². The van der Waals surface area contributed by atoms with Crippen molar-refractivity contribution in [3.8, 4) is 5.75 Å². The standard InChI is InChI=1S/C26H29F3N8O3S.C2H6/c27-26(28,29)40-19-8-3-5-16(13-19)14-22(38)34-21(32)12-11-17(30)6-1-2-10-24-36-37-25(41-24)35-23(39)15-18-7-4-9-20(31)33-18;1-2/h3-5,7-9,11-13H,1-2,6,10,14-15,30,32H2,(H2,31,33)(H,34,38)(H,35,37,39);1-2H3/b17-11-,21-12+;. The molecule has 11 nitrogen and oxygen atoms in total. The second-order valence-electron chi connectivity index (χ2n) is 8.77. The molecule has 1 aromatic carbocycles. The van der Waals surface area contributed by atoms with Crippen molar-refractivity contribution in [2.75, 3.05) is 11.1 Å². The van der Waals surface area contributed by atoms with Crippen LogP contribution in [0.4, 0.5) is 24.1 Å². The Bertz CT molecular complexity index is 1410. The molecule has 232 valence electrons. The molecular formula is C28H35F3N8O3S. The zero-order valence-corrected chi connectivity index (χ0v) is 24.6. The van der Waals surface area contributed by atoms with Gasteiger partial charge in [-0.15, -0.1) is 23.4 Å². The molecule has 43 heavy (non-hydrogen) atoms. The Kier molecular flexibility index (Phi) is 13.9. The van der Waals surface area contributed by atoms with Crippen molar-refractivity contribution in [3.63, 3.8) is 0 Å². The van der Waals surface area contributed by atoms with Crippen molar-refractivity contribution in [1.29, 1.82) is 0 Å². The molecule has 3 aromatic rings. The molecule has 2 amide bonds. The maximum absolute atomic E-state index is 12.4. The average Bonchev–Trinajstić information content (AvgIpc) is 3.37. The zero-order valence-electron chi connectivity index (χ0n) is 23.8. The van der Waals surface area contributed by atoms with Crippen molar-refractivity contribution >= 4 is 34.1 Å². The number of nitrogens with one attached hydrogen (secondary N) is 2. The Morgan fingerprint density at radius 1 is 1.00 bits per heavy atom. The number of carbonyl (C=O) groups is 2. The molecule has 0 aliphatic rings. The Balaban J connectivity index is 0.00000316. The van der Waals surface area contributed by atoms with E-state index in [1.54, 1.807) is 24.3 Å². The topological polar surface area (TPSA) is 184 Å². The minimum atomic E-state index is -4.82. The molecule has 0 aliphatic heterocycles. The fourth-order valence-electron chi connectivity index (χ4n) is 3.50. The number of hydrogen-bond acceptors (Lipinski definition) is 10. The number of halogens is 3. The van der Waals surface area contributed by atoms with E-state index >= 15 is 0 Å². The summed E-state index contributed by atoms with van der Waals surface area (Å²) in [5.41, 5.74) is 18.9. The van der Waals surface area contributed by atoms with Crippen LogP contribution < -0.4 is 32.6 Å². The number of ether oxygens (including phenoxy) is 1. The highest BCUT2D eigenvalue weighted by Gasteiger charge is 2.31. The molecule has 0 saturated heterocycles. The number of unbranched alkanes of at least 4 members (excludes halogenated alkanes) is 1. The van der Waals surface area contributed by atoms with Crippen LogP contribution in [0.3, 0.4) is 0 Å². The molecule has 0 fully saturated rings. The number of aromatic nitrogens is 3. The van der Waals surface area contributed by atoms with Crippen LogP contribution in [0.25, 0.3) is 0 Å². The number of rotatable bonds is 13. The number of nitrogens with two attached hydrogens (primary N) is 3. The summed E-state index contributed by atoms with van der Waals surface area (Å²) < 4.78 is 41.0. The van der Waals surface area contributed by atoms with Crippen LogP contribution in [-0.2, 0) is 28.9 Å². The predicted octanol–water partition coefficient (Wildman–Crippen LogP) is 4.34. The molecule has 2 aromatic heterocycles. The number of aryl methyl sites for hydroxylation is 1. The first-order valence-electron chi connectivity index (χ1n) is 13.3. The molecule has 0 unspecified atom stereocenters. The molecule has 3 rings (SSSR count). The molecule has 0 bridgehead atoms. The summed E-state index contributed by atoms with van der Waals surface area (Å²) in [6.07, 6.45) is 0.815. The number of benzene rings is 1. The van der Waals surface area contributed by atoms with Gasteiger partial charge in [0.15, 0.2) is 0 Å². The van der Waals surface area contributed by atoms with Gasteiger partial charge < -0.3 is 32.6 Å². The molecule has 0 saturated carbocycles. The van der Waals surface area contributed by atoms with Gasteiger partial charge in [0, 0.05) is 12.1 Å². The number of anilines is 2. The van der Waals surface area contributed by atoms with Crippen LogP contribution in [-0.4, -0.2) is 33.4 Å². The lowest BCUT2D eigenvalue weighted by molar-refractivity contribution is -0.274. The minimum Gasteiger partial charge on any atom is -0.406 e. The van der Waals surface area contributed by atoms with E-state index in [0.29, 0.717) is 40.7 Å². The van der Waals surface area contributed by atoms with E-state index in [9.17, 15) is 22.8 Å². The molecule has 0 radical (unpaired) electrons. The number of pyridine rings is 1. The van der Waals surface area contributed by atoms with Gasteiger partial charge in [-0.25, -0.2) is 4.98 Å². The van der Waals surface area contributed by atoms with Gasteiger partial charge in [-0.05, 0) is 61.2 Å². The van der Waals surface area contributed by atoms with E-state index < -0.39 is 18.0 Å². The van der Waals surface area contributed by atoms with Crippen LogP contribution >= 0.6 is 11.3 Å². The van der Waals surface area contributed by atoms with E-state index in [1.165, 1.54) is 29.5 Å². The first kappa shape index (κ1) is 34.5. The maximum atomic E-state index is 12.4. The van der Waals surface area contributed by atoms with Crippen molar-refractivity contribution in [2.24, 2.45) is 11.5 Å². The lowest BCUT2D eigenvalue weighted by Crippen LogP contribution is -2.28. The van der Waals surface area contributed by atoms with Gasteiger partial charge in [0.2, 0.25) is 16.9 Å². The molecular weight excluding hydrogens is 585 g/mol. The third-order valence-corrected chi connectivity index (χ3v) is 6.15. The van der Waals surface area contributed by atoms with Gasteiger partial charge in [-0.1, -0.05) is 43.4 Å². The third kappa shape index (κ3) is 14.2. The van der Waals surface area contributed by atoms with E-state index in [1.807, 2.05) is 13.8 Å². The lowest BCUT2D eigenvalue weighted by Gasteiger charge is -2.10. The van der Waals surface area contributed by atoms with Gasteiger partial charge >= 0.3 is 6.36 Å². The summed E-state index contributed by atoms with van der Waals surface area (Å²) in [5, 5.41) is 14.4. The van der Waals surface area contributed by atoms with Crippen LogP contribution in [0.2, 0.25) is 0 Å². The lowest BCUT2D eigenvalue weighted by atomic mass is 10.1. The van der Waals surface area contributed by atoms with Gasteiger partial charge in [0.05, 0.1) is 18.5 Å². The number of hydrogen-bond donors (Lipinski definition) is 5. The Morgan fingerprint density at radius 3 is 2.47 bits per heavy atom. The first-order valence-corrected chi connectivity index (χ1v) is 14.2. The summed E-state index contributed by atoms with van der Waals surface area (Å²) >= 11 is 1.29. The number of allylic oxidation sites excluding steroid dienone is 3. The summed E-state index contributed by atoms with van der Waals surface area (Å²) in [6.45, 7) is 4.00. The predicted molar refractivity (Wildman–Crippen MR) is 159 cm³/mol. The molecule has 8 N–H and O–H groups in total. The van der Waals surface area contributed by atoms with Crippen LogP contribution in [0.1, 0.15) is 49.4 Å². The van der Waals surface area contributed by atoms with Crippen LogP contribution in [0.15, 0.2) is 66.1 Å². The fraction of sp³-hybridized carbons (Fsp3) is 0.321. The molecule has 0 atom stereocenters. The second kappa shape index (κ2) is 17.3. The SMILES string of the molecule is CC.N/C(=C\C=C(/N)NC(=O)Cc1cccc(OC(F)(F)F)c1)CCCCc1nnc(NC(=O)Cc2cccc(N)n2)s1. The highest BCUT2D eigenvalue weighted by Crippen LogP contribution is 2.23. The van der Waals surface area contributed by atoms with Gasteiger partial charge in [-0.2, -0.15) is 0 Å². The molecule has 0 aliphatic carbocycles. The second-order valence-corrected chi connectivity index (χ2v) is 9.83. The third-order valence-electron chi connectivity index (χ3n) is 5.25. The number of nitrogens with zero attached hydrogens (tertiary/aromatic N) is 3. The Morgan fingerprint density at radius 2 is 1.74 bits per heavy atom. The van der Waals surface area contributed by atoms with E-state index in [-0.39, 0.29) is 24.6 Å². The van der Waals surface area contributed by atoms with E-state index in [4.69, 9.17) is 17.2 Å². The minimum absolute atomic E-state index is 0.0376. The first-order chi connectivity index (χ1) is 20.4. The Hall–Kier alpha value is -4.66. The highest BCUT2D eigenvalue weighted by molar-refractivity contribution is 7.15. The highest BCUT2D eigenvalue weighted by atomic mass is 32.1. The number of amides is 2. The van der Waals surface area contributed by atoms with E-state index in [0.717, 1.165) is 30.0 Å². The van der Waals surface area contributed by atoms with Crippen molar-refractivity contribution in [3.05, 3.63) is 82.4 Å². The summed E-state index contributed by atoms with van der Waals surface area (Å²) in [6, 6.07) is 10.2. The molecule has 2 heterocycles. The summed E-state index contributed by atoms with van der Waals surface area (Å²) in [4.78, 5) is 28.5. The van der Waals surface area contributed by atoms with Crippen LogP contribution in [0.5, 0.6) is 5.75 Å². The van der Waals surface area contributed by atoms with Gasteiger partial charge in [-0.3, -0.25) is 9.59 Å². The Labute approximate surface area is 251 Å². The van der Waals surface area contributed by atoms with Crippen molar-refractivity contribution in [2.45, 2.75) is 58.7 Å². The fourth-order valence-corrected chi connectivity index (χ4v) is 4.30. The van der Waals surface area contributed by atoms with Gasteiger partial charge in [0.1, 0.15) is 22.4 Å². The summed E-state index contributed by atoms with van der Waals surface area (Å²) in [7, 11) is 0. The number of nitrogen functional groups attached to an aromatic ring is 1. The molecule has 15 heteroatoms. The largest absolute Gasteiger partial charge is 0.573 e. The monoisotopic (exact) mass is 620 g/mol. The zero-order chi connectivity index (χ0) is 31.8. The summed E-state index contributed by atoms with van der Waals surface area (Å²) in [5.74, 6) is -0.809. The molecule has 0 spiro atoms. The quantitative estimate of drug-likeness (QED) is 0.137. The van der Waals surface area contributed by atoms with Crippen molar-refractivity contribution in [1.82, 2.24) is 20.5 Å². The van der Waals surface area contributed by atoms with Crippen LogP contribution in [0, 0.1) is 0 Å². The average molecular weight is 621 g/mol. The maximum Gasteiger partial charge on any atom is 0.573 e. The smallest absolute Gasteiger partial charge is 0.406 e. The number of alkyl halides is 3. The van der Waals surface area contributed by atoms with E-state index in [2.05, 4.69) is 30.6 Å².